The molecule has 4 heterocycles. The van der Waals surface area contributed by atoms with Crippen LogP contribution < -0.4 is 9.64 Å². The van der Waals surface area contributed by atoms with Crippen LogP contribution >= 0.6 is 0 Å². The number of aromatic nitrogens is 2. The van der Waals surface area contributed by atoms with E-state index >= 15 is 0 Å². The molecule has 5 nitrogen and oxygen atoms in total. The highest BCUT2D eigenvalue weighted by Gasteiger charge is 2.34. The number of hydrogen-bond acceptors (Lipinski definition) is 4. The lowest BCUT2D eigenvalue weighted by Gasteiger charge is -2.33. The quantitative estimate of drug-likeness (QED) is 0.183. The molecule has 2 aliphatic heterocycles. The fourth-order valence-electron chi connectivity index (χ4n) is 7.49. The summed E-state index contributed by atoms with van der Waals surface area (Å²) in [6.07, 6.45) is 13.0. The first-order valence-corrected chi connectivity index (χ1v) is 17.9. The average Bonchev–Trinajstić information content (AvgIpc) is 3.63. The number of hydrogen-bond donors (Lipinski definition) is 0. The Morgan fingerprint density at radius 1 is 0.647 bits per heavy atom. The molecule has 256 valence electrons. The third kappa shape index (κ3) is 5.81. The lowest BCUT2D eigenvalue weighted by atomic mass is 9.85. The zero-order valence-electron chi connectivity index (χ0n) is 30.9. The van der Waals surface area contributed by atoms with Gasteiger partial charge in [0.1, 0.15) is 23.5 Å². The molecule has 5 heteroatoms. The summed E-state index contributed by atoms with van der Waals surface area (Å²) in [4.78, 5) is 9.64. The monoisotopic (exact) mass is 670 g/mol. The van der Waals surface area contributed by atoms with Crippen LogP contribution in [0, 0.1) is 13.8 Å². The molecule has 1 atom stereocenters. The number of allylic oxidation sites excluding steroid dienone is 2. The number of fused-ring (bicyclic) bond motifs is 4. The second-order valence-electron chi connectivity index (χ2n) is 16.0. The van der Waals surface area contributed by atoms with Crippen LogP contribution in [-0.2, 0) is 10.8 Å². The molecular formula is C46H46N4O. The van der Waals surface area contributed by atoms with Crippen LogP contribution in [0.4, 0.5) is 5.69 Å². The first kappa shape index (κ1) is 32.6. The van der Waals surface area contributed by atoms with Gasteiger partial charge in [-0.05, 0) is 108 Å². The number of pyridine rings is 1. The standard InChI is InChI=1S/C46H46N4O/c1-30-14-13-15-31(2)44(30)49-29-41(48-23-12-11-18-43(48)49)32-24-34(46(6,7)8)26-36(25-32)51-35-19-20-38-37-16-9-10-17-39(37)50(40(38)28-35)42-27-33(21-22-47-42)45(3,4)5/h9-29,43H,1-8H3. The number of aryl methyl sites for hydroxylation is 2. The summed E-state index contributed by atoms with van der Waals surface area (Å²) < 4.78 is 9.12. The minimum absolute atomic E-state index is 0.00529. The van der Waals surface area contributed by atoms with Crippen LogP contribution in [0.1, 0.15) is 69.4 Å². The topological polar surface area (TPSA) is 33.5 Å². The second kappa shape index (κ2) is 12.1. The summed E-state index contributed by atoms with van der Waals surface area (Å²) in [7, 11) is 0. The van der Waals surface area contributed by atoms with Gasteiger partial charge in [0.05, 0.1) is 16.7 Å². The molecule has 6 aromatic rings. The molecule has 0 saturated carbocycles. The average molecular weight is 671 g/mol. The van der Waals surface area contributed by atoms with E-state index in [1.165, 1.54) is 38.7 Å². The van der Waals surface area contributed by atoms with Crippen molar-refractivity contribution in [3.8, 4) is 17.3 Å². The Morgan fingerprint density at radius 3 is 2.16 bits per heavy atom. The van der Waals surface area contributed by atoms with E-state index in [4.69, 9.17) is 9.72 Å². The van der Waals surface area contributed by atoms with Crippen molar-refractivity contribution in [2.24, 2.45) is 0 Å². The Balaban J connectivity index is 1.24. The van der Waals surface area contributed by atoms with Crippen molar-refractivity contribution in [2.75, 3.05) is 4.90 Å². The minimum Gasteiger partial charge on any atom is -0.457 e. The predicted molar refractivity (Wildman–Crippen MR) is 213 cm³/mol. The highest BCUT2D eigenvalue weighted by molar-refractivity contribution is 6.09. The maximum atomic E-state index is 6.85. The van der Waals surface area contributed by atoms with Crippen molar-refractivity contribution in [2.45, 2.75) is 72.4 Å². The molecule has 0 amide bonds. The van der Waals surface area contributed by atoms with E-state index in [0.717, 1.165) is 39.6 Å². The highest BCUT2D eigenvalue weighted by atomic mass is 16.5. The molecular weight excluding hydrogens is 625 g/mol. The van der Waals surface area contributed by atoms with E-state index in [0.29, 0.717) is 0 Å². The summed E-state index contributed by atoms with van der Waals surface area (Å²) in [5.41, 5.74) is 10.6. The van der Waals surface area contributed by atoms with Crippen LogP contribution in [-0.4, -0.2) is 20.6 Å². The van der Waals surface area contributed by atoms with E-state index in [-0.39, 0.29) is 17.0 Å². The number of ether oxygens (including phenoxy) is 1. The highest BCUT2D eigenvalue weighted by Crippen LogP contribution is 2.42. The maximum absolute atomic E-state index is 6.85. The van der Waals surface area contributed by atoms with Gasteiger partial charge in [0.15, 0.2) is 0 Å². The SMILES string of the molecule is Cc1cccc(C)c1N1C=C(c2cc(Oc3ccc4c5ccccc5n(-c5cc(C(C)(C)C)ccn5)c4c3)cc(C(C)(C)C)c2)N2C=CC=CC21. The first-order chi connectivity index (χ1) is 24.4. The van der Waals surface area contributed by atoms with Crippen LogP contribution in [0.3, 0.4) is 0 Å². The molecule has 4 aromatic carbocycles. The van der Waals surface area contributed by atoms with Gasteiger partial charge in [0, 0.05) is 46.7 Å². The van der Waals surface area contributed by atoms with E-state index in [2.05, 4.69) is 191 Å². The van der Waals surface area contributed by atoms with Gasteiger partial charge in [0.2, 0.25) is 0 Å². The molecule has 0 aliphatic carbocycles. The Hall–Kier alpha value is -5.55. The fraction of sp³-hybridized carbons (Fsp3) is 0.239. The van der Waals surface area contributed by atoms with Crippen LogP contribution in [0.2, 0.25) is 0 Å². The first-order valence-electron chi connectivity index (χ1n) is 17.9. The maximum Gasteiger partial charge on any atom is 0.137 e. The predicted octanol–water partition coefficient (Wildman–Crippen LogP) is 11.7. The summed E-state index contributed by atoms with van der Waals surface area (Å²) in [5.74, 6) is 2.50. The Labute approximate surface area is 301 Å². The van der Waals surface area contributed by atoms with Crippen LogP contribution in [0.5, 0.6) is 11.5 Å². The summed E-state index contributed by atoms with van der Waals surface area (Å²) >= 11 is 0. The summed E-state index contributed by atoms with van der Waals surface area (Å²) in [5, 5.41) is 2.36. The molecule has 0 N–H and O–H groups in total. The van der Waals surface area contributed by atoms with Gasteiger partial charge in [-0.15, -0.1) is 0 Å². The van der Waals surface area contributed by atoms with Gasteiger partial charge in [0.25, 0.3) is 0 Å². The molecule has 0 bridgehead atoms. The number of para-hydroxylation sites is 2. The Kier molecular flexibility index (Phi) is 7.71. The third-order valence-corrected chi connectivity index (χ3v) is 10.2. The van der Waals surface area contributed by atoms with Crippen LogP contribution in [0.25, 0.3) is 33.3 Å². The summed E-state index contributed by atoms with van der Waals surface area (Å²) in [6.45, 7) is 17.9. The van der Waals surface area contributed by atoms with E-state index in [1.807, 2.05) is 6.20 Å². The smallest absolute Gasteiger partial charge is 0.137 e. The third-order valence-electron chi connectivity index (χ3n) is 10.2. The van der Waals surface area contributed by atoms with Crippen molar-refractivity contribution in [3.63, 3.8) is 0 Å². The van der Waals surface area contributed by atoms with Gasteiger partial charge < -0.3 is 14.5 Å². The summed E-state index contributed by atoms with van der Waals surface area (Å²) in [6, 6.07) is 32.6. The molecule has 51 heavy (non-hydrogen) atoms. The second-order valence-corrected chi connectivity index (χ2v) is 16.0. The number of nitrogens with zero attached hydrogens (tertiary/aromatic N) is 4. The lowest BCUT2D eigenvalue weighted by molar-refractivity contribution is 0.468. The zero-order chi connectivity index (χ0) is 35.7. The van der Waals surface area contributed by atoms with Crippen LogP contribution in [0.15, 0.2) is 128 Å². The fourth-order valence-corrected chi connectivity index (χ4v) is 7.49. The van der Waals surface area contributed by atoms with Gasteiger partial charge >= 0.3 is 0 Å². The molecule has 2 aromatic heterocycles. The molecule has 1 unspecified atom stereocenters. The minimum atomic E-state index is -0.0866. The molecule has 8 rings (SSSR count). The van der Waals surface area contributed by atoms with Gasteiger partial charge in [-0.2, -0.15) is 0 Å². The largest absolute Gasteiger partial charge is 0.457 e. The van der Waals surface area contributed by atoms with Gasteiger partial charge in [-0.3, -0.25) is 4.57 Å². The Morgan fingerprint density at radius 2 is 1.39 bits per heavy atom. The normalized spacial score (nSPS) is 15.9. The number of rotatable bonds is 5. The molecule has 0 fully saturated rings. The zero-order valence-corrected chi connectivity index (χ0v) is 30.9. The van der Waals surface area contributed by atoms with Crippen molar-refractivity contribution < 1.29 is 4.74 Å². The van der Waals surface area contributed by atoms with Crippen molar-refractivity contribution in [1.82, 2.24) is 14.5 Å². The number of benzene rings is 4. The number of anilines is 1. The molecule has 2 aliphatic rings. The van der Waals surface area contributed by atoms with Crippen molar-refractivity contribution >= 4 is 33.2 Å². The Bertz CT molecular complexity index is 2390. The van der Waals surface area contributed by atoms with Gasteiger partial charge in [-0.1, -0.05) is 84.0 Å². The molecule has 0 spiro atoms. The van der Waals surface area contributed by atoms with Crippen molar-refractivity contribution in [3.05, 3.63) is 156 Å². The van der Waals surface area contributed by atoms with E-state index < -0.39 is 0 Å². The lowest BCUT2D eigenvalue weighted by Crippen LogP contribution is -2.36. The van der Waals surface area contributed by atoms with Gasteiger partial charge in [-0.25, -0.2) is 4.98 Å². The molecule has 0 saturated heterocycles. The van der Waals surface area contributed by atoms with E-state index in [9.17, 15) is 0 Å². The molecule has 0 radical (unpaired) electrons. The van der Waals surface area contributed by atoms with Crippen molar-refractivity contribution in [1.29, 1.82) is 0 Å². The van der Waals surface area contributed by atoms with E-state index in [1.54, 1.807) is 0 Å².